The minimum absolute atomic E-state index is 0.0291. The van der Waals surface area contributed by atoms with Crippen LogP contribution in [0.3, 0.4) is 0 Å². The van der Waals surface area contributed by atoms with Crippen LogP contribution in [0.5, 0.6) is 0 Å². The van der Waals surface area contributed by atoms with E-state index in [1.807, 2.05) is 41.6 Å². The molecule has 3 aromatic rings. The fraction of sp³-hybridized carbons (Fsp3) is 0.357. The van der Waals surface area contributed by atoms with Crippen LogP contribution in [0.4, 0.5) is 0 Å². The number of H-pyrrole nitrogens is 1. The number of pyridine rings is 1. The van der Waals surface area contributed by atoms with E-state index in [0.717, 1.165) is 60.8 Å². The summed E-state index contributed by atoms with van der Waals surface area (Å²) in [4.78, 5) is 22.6. The summed E-state index contributed by atoms with van der Waals surface area (Å²) in [7, 11) is 1.85. The van der Waals surface area contributed by atoms with E-state index in [4.69, 9.17) is 16.9 Å². The van der Waals surface area contributed by atoms with Gasteiger partial charge in [-0.25, -0.2) is 4.99 Å². The number of piperidine rings is 1. The van der Waals surface area contributed by atoms with Crippen molar-refractivity contribution in [3.8, 4) is 0 Å². The second-order valence-corrected chi connectivity index (χ2v) is 9.75. The molecule has 0 saturated carbocycles. The number of nitrogens with zero attached hydrogens (tertiary/aromatic N) is 5. The molecule has 1 saturated heterocycles. The highest BCUT2D eigenvalue weighted by Gasteiger charge is 2.26. The third-order valence-electron chi connectivity index (χ3n) is 7.31. The predicted octanol–water partition coefficient (Wildman–Crippen LogP) is 2.97. The van der Waals surface area contributed by atoms with Crippen LogP contribution in [-0.4, -0.2) is 63.4 Å². The largest absolute Gasteiger partial charge is 0.399 e. The fourth-order valence-electron chi connectivity index (χ4n) is 5.33. The number of benzene rings is 1. The van der Waals surface area contributed by atoms with Gasteiger partial charge in [-0.2, -0.15) is 5.10 Å². The van der Waals surface area contributed by atoms with Crippen molar-refractivity contribution in [2.45, 2.75) is 39.3 Å². The molecule has 38 heavy (non-hydrogen) atoms. The van der Waals surface area contributed by atoms with Gasteiger partial charge in [0.05, 0.1) is 29.4 Å². The molecule has 0 aliphatic carbocycles. The van der Waals surface area contributed by atoms with Crippen LogP contribution in [0.15, 0.2) is 64.3 Å². The van der Waals surface area contributed by atoms with E-state index in [1.165, 1.54) is 0 Å². The van der Waals surface area contributed by atoms with Gasteiger partial charge >= 0.3 is 0 Å². The standard InChI is InChI=1S/C28H37N9O/c1-5-36-11-9-22(10-12-36)37-23(13-20-8-6-7-18(2)24(20)28(37)38)16-35(4)27(32-17-29)25(19(3)30)26(31)21-14-33-34-15-21/h6-8,13-15,17,22,29H,3,5,9-12,16,30-31H2,1-2,4H3,(H,33,34). The molecule has 0 amide bonds. The van der Waals surface area contributed by atoms with Crippen molar-refractivity contribution >= 4 is 28.6 Å². The number of aliphatic imine (C=N–C) groups is 1. The first kappa shape index (κ1) is 26.9. The molecule has 200 valence electrons. The first-order valence-electron chi connectivity index (χ1n) is 12.8. The monoisotopic (exact) mass is 515 g/mol. The van der Waals surface area contributed by atoms with E-state index in [0.29, 0.717) is 29.2 Å². The number of nitrogens with two attached hydrogens (primary N) is 2. The van der Waals surface area contributed by atoms with Crippen molar-refractivity contribution < 1.29 is 0 Å². The van der Waals surface area contributed by atoms with Gasteiger partial charge in [-0.1, -0.05) is 31.7 Å². The second kappa shape index (κ2) is 11.5. The predicted molar refractivity (Wildman–Crippen MR) is 154 cm³/mol. The molecule has 0 unspecified atom stereocenters. The molecule has 1 fully saturated rings. The molecule has 10 nitrogen and oxygen atoms in total. The lowest BCUT2D eigenvalue weighted by molar-refractivity contribution is 0.190. The SMILES string of the molecule is C=C(N)C(C(=NC=N)N(C)Cc1cc2cccc(C)c2c(=O)n1C1CCN(CC)CC1)=C(N)c1cn[nH]c1. The molecule has 2 aromatic heterocycles. The summed E-state index contributed by atoms with van der Waals surface area (Å²) in [5.41, 5.74) is 16.1. The number of rotatable bonds is 8. The van der Waals surface area contributed by atoms with Crippen molar-refractivity contribution in [3.05, 3.63) is 81.7 Å². The van der Waals surface area contributed by atoms with E-state index < -0.39 is 0 Å². The Kier molecular flexibility index (Phi) is 8.11. The molecule has 0 bridgehead atoms. The molecule has 1 aliphatic heterocycles. The first-order chi connectivity index (χ1) is 18.3. The molecule has 1 aromatic carbocycles. The van der Waals surface area contributed by atoms with Crippen LogP contribution in [-0.2, 0) is 6.54 Å². The minimum atomic E-state index is 0.0291. The van der Waals surface area contributed by atoms with Crippen LogP contribution in [0.1, 0.15) is 42.6 Å². The first-order valence-corrected chi connectivity index (χ1v) is 12.8. The molecular formula is C28H37N9O. The van der Waals surface area contributed by atoms with Crippen molar-refractivity contribution in [1.29, 1.82) is 5.41 Å². The van der Waals surface area contributed by atoms with Crippen LogP contribution >= 0.6 is 0 Å². The number of likely N-dealkylation sites (N-methyl/N-ethyl adjacent to an activating group) is 1. The molecular weight excluding hydrogens is 478 g/mol. The number of nitrogens with one attached hydrogen (secondary N) is 2. The fourth-order valence-corrected chi connectivity index (χ4v) is 5.33. The molecule has 4 rings (SSSR count). The summed E-state index contributed by atoms with van der Waals surface area (Å²) < 4.78 is 1.97. The summed E-state index contributed by atoms with van der Waals surface area (Å²) >= 11 is 0. The highest BCUT2D eigenvalue weighted by Crippen LogP contribution is 2.27. The zero-order valence-corrected chi connectivity index (χ0v) is 22.4. The van der Waals surface area contributed by atoms with Gasteiger partial charge in [0.2, 0.25) is 0 Å². The highest BCUT2D eigenvalue weighted by molar-refractivity contribution is 6.10. The molecule has 6 N–H and O–H groups in total. The Morgan fingerprint density at radius 2 is 2.08 bits per heavy atom. The molecule has 1 aliphatic rings. The zero-order valence-electron chi connectivity index (χ0n) is 22.4. The highest BCUT2D eigenvalue weighted by atomic mass is 16.1. The van der Waals surface area contributed by atoms with Gasteiger partial charge in [0.25, 0.3) is 5.56 Å². The van der Waals surface area contributed by atoms with E-state index >= 15 is 0 Å². The number of likely N-dealkylation sites (tertiary alicyclic amines) is 1. The summed E-state index contributed by atoms with van der Waals surface area (Å²) in [5.74, 6) is 0.385. The van der Waals surface area contributed by atoms with Gasteiger partial charge in [0, 0.05) is 49.3 Å². The van der Waals surface area contributed by atoms with Gasteiger partial charge < -0.3 is 25.8 Å². The Labute approximate surface area is 222 Å². The molecule has 3 heterocycles. The Morgan fingerprint density at radius 3 is 2.68 bits per heavy atom. The number of amidine groups is 1. The van der Waals surface area contributed by atoms with Crippen molar-refractivity contribution in [2.75, 3.05) is 26.7 Å². The number of hydrogen-bond acceptors (Lipinski definition) is 6. The maximum atomic E-state index is 14.0. The van der Waals surface area contributed by atoms with Gasteiger partial charge in [-0.3, -0.25) is 15.3 Å². The Balaban J connectivity index is 1.82. The quantitative estimate of drug-likeness (QED) is 0.206. The van der Waals surface area contributed by atoms with E-state index in [1.54, 1.807) is 12.4 Å². The number of aromatic nitrogens is 3. The van der Waals surface area contributed by atoms with Crippen LogP contribution in [0, 0.1) is 12.3 Å². The smallest absolute Gasteiger partial charge is 0.259 e. The second-order valence-electron chi connectivity index (χ2n) is 9.75. The molecule has 0 spiro atoms. The summed E-state index contributed by atoms with van der Waals surface area (Å²) in [5, 5.41) is 16.1. The Bertz CT molecular complexity index is 1440. The average molecular weight is 516 g/mol. The zero-order chi connectivity index (χ0) is 27.4. The number of hydrogen-bond donors (Lipinski definition) is 4. The maximum absolute atomic E-state index is 14.0. The van der Waals surface area contributed by atoms with Crippen molar-refractivity contribution in [1.82, 2.24) is 24.6 Å². The number of aryl methyl sites for hydroxylation is 1. The van der Waals surface area contributed by atoms with Gasteiger partial charge in [-0.15, -0.1) is 0 Å². The van der Waals surface area contributed by atoms with E-state index in [2.05, 4.69) is 39.7 Å². The van der Waals surface area contributed by atoms with Crippen LogP contribution < -0.4 is 17.0 Å². The number of fused-ring (bicyclic) bond motifs is 1. The van der Waals surface area contributed by atoms with Crippen molar-refractivity contribution in [3.63, 3.8) is 0 Å². The van der Waals surface area contributed by atoms with Gasteiger partial charge in [0.1, 0.15) is 12.2 Å². The molecule has 0 atom stereocenters. The lowest BCUT2D eigenvalue weighted by Crippen LogP contribution is -2.40. The maximum Gasteiger partial charge on any atom is 0.259 e. The molecule has 10 heteroatoms. The normalized spacial score (nSPS) is 15.9. The van der Waals surface area contributed by atoms with Crippen molar-refractivity contribution in [2.24, 2.45) is 16.5 Å². The van der Waals surface area contributed by atoms with E-state index in [-0.39, 0.29) is 17.3 Å². The summed E-state index contributed by atoms with van der Waals surface area (Å²) in [6.45, 7) is 11.3. The third-order valence-corrected chi connectivity index (χ3v) is 7.31. The Morgan fingerprint density at radius 1 is 1.34 bits per heavy atom. The minimum Gasteiger partial charge on any atom is -0.399 e. The topological polar surface area (TPSA) is 145 Å². The van der Waals surface area contributed by atoms with E-state index in [9.17, 15) is 4.79 Å². The van der Waals surface area contributed by atoms with Gasteiger partial charge in [-0.05, 0) is 43.3 Å². The lowest BCUT2D eigenvalue weighted by Gasteiger charge is -2.34. The van der Waals surface area contributed by atoms with Crippen LogP contribution in [0.25, 0.3) is 16.5 Å². The average Bonchev–Trinajstić information content (AvgIpc) is 3.43. The Hall–Kier alpha value is -4.18. The number of aromatic amines is 1. The van der Waals surface area contributed by atoms with Gasteiger partial charge in [0.15, 0.2) is 0 Å². The molecule has 0 radical (unpaired) electrons. The van der Waals surface area contributed by atoms with Crippen LogP contribution in [0.2, 0.25) is 0 Å². The summed E-state index contributed by atoms with van der Waals surface area (Å²) in [6, 6.07) is 8.12. The summed E-state index contributed by atoms with van der Waals surface area (Å²) in [6.07, 6.45) is 6.01. The lowest BCUT2D eigenvalue weighted by atomic mass is 10.0. The third kappa shape index (κ3) is 5.26.